The van der Waals surface area contributed by atoms with Crippen LogP contribution in [0, 0.1) is 29.1 Å². The molecule has 7 heteroatoms. The van der Waals surface area contributed by atoms with Crippen LogP contribution in [0.2, 0.25) is 0 Å². The molecule has 298 valence electrons. The Kier molecular flexibility index (Phi) is 22.6. The molecule has 0 heterocycles. The molecule has 1 atom stereocenters. The van der Waals surface area contributed by atoms with E-state index in [1.807, 2.05) is 0 Å². The van der Waals surface area contributed by atoms with Crippen molar-refractivity contribution in [3.63, 3.8) is 0 Å². The van der Waals surface area contributed by atoms with Crippen molar-refractivity contribution in [2.45, 2.75) is 175 Å². The van der Waals surface area contributed by atoms with Crippen molar-refractivity contribution in [2.75, 3.05) is 39.5 Å². The molecule has 0 amide bonds. The zero-order chi connectivity index (χ0) is 37.3. The van der Waals surface area contributed by atoms with Gasteiger partial charge in [-0.3, -0.25) is 14.4 Å². The molecule has 1 unspecified atom stereocenters. The molecule has 0 spiro atoms. The molecular weight excluding hydrogens is 650 g/mol. The second-order valence-corrected chi connectivity index (χ2v) is 16.8. The predicted molar refractivity (Wildman–Crippen MR) is 212 cm³/mol. The van der Waals surface area contributed by atoms with E-state index in [1.54, 1.807) is 0 Å². The van der Waals surface area contributed by atoms with Crippen LogP contribution in [-0.2, 0) is 28.6 Å². The van der Waals surface area contributed by atoms with E-state index in [2.05, 4.69) is 50.0 Å². The number of allylic oxidation sites excluding steroid dienone is 4. The molecule has 4 aliphatic rings. The summed E-state index contributed by atoms with van der Waals surface area (Å²) in [6.45, 7) is 10.2. The van der Waals surface area contributed by atoms with Crippen LogP contribution < -0.4 is 0 Å². The average Bonchev–Trinajstić information content (AvgIpc) is 3.10. The molecule has 0 aliphatic heterocycles. The van der Waals surface area contributed by atoms with Gasteiger partial charge in [0.15, 0.2) is 0 Å². The van der Waals surface area contributed by atoms with Crippen LogP contribution >= 0.6 is 0 Å². The van der Waals surface area contributed by atoms with Crippen LogP contribution in [0.4, 0.5) is 0 Å². The van der Waals surface area contributed by atoms with Crippen molar-refractivity contribution in [2.24, 2.45) is 29.1 Å². The van der Waals surface area contributed by atoms with Gasteiger partial charge in [0.25, 0.3) is 0 Å². The van der Waals surface area contributed by atoms with Gasteiger partial charge in [0.2, 0.25) is 0 Å². The third-order valence-corrected chi connectivity index (χ3v) is 11.7. The lowest BCUT2D eigenvalue weighted by Crippen LogP contribution is -2.47. The lowest BCUT2D eigenvalue weighted by Gasteiger charge is -2.56. The largest absolute Gasteiger partial charge is 0.466 e. The predicted octanol–water partition coefficient (Wildman–Crippen LogP) is 10.9. The number of carbonyl (C=O) groups excluding carboxylic acids is 3. The van der Waals surface area contributed by atoms with Gasteiger partial charge in [0.05, 0.1) is 26.2 Å². The lowest BCUT2D eigenvalue weighted by molar-refractivity contribution is -0.156. The number of esters is 3. The summed E-state index contributed by atoms with van der Waals surface area (Å²) < 4.78 is 17.2. The molecule has 4 fully saturated rings. The van der Waals surface area contributed by atoms with Crippen molar-refractivity contribution in [1.29, 1.82) is 0 Å². The van der Waals surface area contributed by atoms with Crippen molar-refractivity contribution >= 4 is 17.9 Å². The van der Waals surface area contributed by atoms with Gasteiger partial charge >= 0.3 is 17.9 Å². The molecule has 52 heavy (non-hydrogen) atoms. The summed E-state index contributed by atoms with van der Waals surface area (Å²) in [5.41, 5.74) is 0.134. The summed E-state index contributed by atoms with van der Waals surface area (Å²) in [5, 5.41) is 0. The van der Waals surface area contributed by atoms with Crippen molar-refractivity contribution < 1.29 is 28.6 Å². The summed E-state index contributed by atoms with van der Waals surface area (Å²) in [7, 11) is 0. The topological polar surface area (TPSA) is 82.1 Å². The van der Waals surface area contributed by atoms with Gasteiger partial charge in [-0.15, -0.1) is 0 Å². The van der Waals surface area contributed by atoms with E-state index >= 15 is 0 Å². The van der Waals surface area contributed by atoms with Crippen LogP contribution in [0.25, 0.3) is 0 Å². The third-order valence-electron chi connectivity index (χ3n) is 11.7. The van der Waals surface area contributed by atoms with Gasteiger partial charge in [-0.2, -0.15) is 0 Å². The van der Waals surface area contributed by atoms with Crippen molar-refractivity contribution in [3.05, 3.63) is 24.3 Å². The standard InChI is InChI=1S/C45H77NO6/c1-4-7-8-9-10-11-12-13-14-15-16-17-18-19-20-22-43(48)51-36-38(24-28-50-42(47)23-21-27-46(25-5-2)26-6-3)37-52-44(49)35-45-32-39-29-40(33-45)31-41(30-39)34-45/h10-11,13-14,38-41H,4-9,12,15-37H2,1-3H3/b11-10-,14-13-. The molecule has 0 radical (unpaired) electrons. The van der Waals surface area contributed by atoms with Crippen LogP contribution in [0.1, 0.15) is 175 Å². The maximum atomic E-state index is 13.2. The van der Waals surface area contributed by atoms with Crippen molar-refractivity contribution in [3.8, 4) is 0 Å². The first-order valence-corrected chi connectivity index (χ1v) is 21.8. The fourth-order valence-electron chi connectivity index (χ4n) is 9.48. The number of unbranched alkanes of at least 4 members (excludes halogenated alkanes) is 8. The molecule has 0 N–H and O–H groups in total. The zero-order valence-electron chi connectivity index (χ0n) is 33.7. The number of ether oxygens (including phenoxy) is 3. The zero-order valence-corrected chi connectivity index (χ0v) is 33.7. The lowest BCUT2D eigenvalue weighted by atomic mass is 9.49. The fraction of sp³-hybridized carbons (Fsp3) is 0.844. The molecule has 4 aliphatic carbocycles. The average molecular weight is 728 g/mol. The number of nitrogens with zero attached hydrogens (tertiary/aromatic N) is 1. The van der Waals surface area contributed by atoms with Crippen LogP contribution in [-0.4, -0.2) is 62.3 Å². The monoisotopic (exact) mass is 728 g/mol. The second kappa shape index (κ2) is 26.6. The fourth-order valence-corrected chi connectivity index (χ4v) is 9.48. The van der Waals surface area contributed by atoms with Gasteiger partial charge in [-0.25, -0.2) is 0 Å². The van der Waals surface area contributed by atoms with E-state index in [9.17, 15) is 14.4 Å². The van der Waals surface area contributed by atoms with E-state index < -0.39 is 0 Å². The Bertz CT molecular complexity index is 1010. The first-order valence-electron chi connectivity index (χ1n) is 21.8. The Balaban J connectivity index is 1.32. The van der Waals surface area contributed by atoms with E-state index in [0.717, 1.165) is 88.8 Å². The third kappa shape index (κ3) is 18.7. The maximum absolute atomic E-state index is 13.2. The molecule has 4 bridgehead atoms. The molecule has 0 aromatic carbocycles. The number of hydrogen-bond acceptors (Lipinski definition) is 7. The minimum Gasteiger partial charge on any atom is -0.466 e. The first kappa shape index (κ1) is 44.2. The molecular formula is C45H77NO6. The molecule has 0 saturated heterocycles. The van der Waals surface area contributed by atoms with E-state index in [1.165, 1.54) is 77.0 Å². The minimum atomic E-state index is -0.198. The Morgan fingerprint density at radius 1 is 0.615 bits per heavy atom. The Morgan fingerprint density at radius 3 is 1.77 bits per heavy atom. The van der Waals surface area contributed by atoms with E-state index in [-0.39, 0.29) is 49.1 Å². The highest BCUT2D eigenvalue weighted by molar-refractivity contribution is 5.71. The Morgan fingerprint density at radius 2 is 1.15 bits per heavy atom. The van der Waals surface area contributed by atoms with Gasteiger partial charge in [-0.1, -0.05) is 77.2 Å². The molecule has 0 aromatic rings. The number of rotatable bonds is 31. The van der Waals surface area contributed by atoms with E-state index in [4.69, 9.17) is 14.2 Å². The first-order chi connectivity index (χ1) is 25.3. The minimum absolute atomic E-state index is 0.121. The summed E-state index contributed by atoms with van der Waals surface area (Å²) in [5.74, 6) is 1.68. The number of hydrogen-bond donors (Lipinski definition) is 0. The summed E-state index contributed by atoms with van der Waals surface area (Å²) in [6, 6.07) is 0. The Labute approximate surface area is 318 Å². The summed E-state index contributed by atoms with van der Waals surface area (Å²) in [4.78, 5) is 40.7. The SMILES string of the molecule is CCCCC/C=C\C/C=C\CCCCCCCC(=O)OCC(CCOC(=O)CCCN(CCC)CCC)COC(=O)CC12CC3CC(CC(C3)C1)C2. The quantitative estimate of drug-likeness (QED) is 0.0304. The van der Waals surface area contributed by atoms with Gasteiger partial charge < -0.3 is 19.1 Å². The van der Waals surface area contributed by atoms with Gasteiger partial charge in [-0.05, 0) is 146 Å². The van der Waals surface area contributed by atoms with Gasteiger partial charge in [0, 0.05) is 18.8 Å². The highest BCUT2D eigenvalue weighted by Gasteiger charge is 2.51. The second-order valence-electron chi connectivity index (χ2n) is 16.8. The summed E-state index contributed by atoms with van der Waals surface area (Å²) in [6.07, 6.45) is 34.1. The highest BCUT2D eigenvalue weighted by atomic mass is 16.5. The van der Waals surface area contributed by atoms with E-state index in [0.29, 0.717) is 25.7 Å². The molecule has 4 saturated carbocycles. The highest BCUT2D eigenvalue weighted by Crippen LogP contribution is 2.61. The molecule has 0 aromatic heterocycles. The van der Waals surface area contributed by atoms with Crippen LogP contribution in [0.5, 0.6) is 0 Å². The summed E-state index contributed by atoms with van der Waals surface area (Å²) >= 11 is 0. The maximum Gasteiger partial charge on any atom is 0.306 e. The number of carbonyl (C=O) groups is 3. The normalized spacial score (nSPS) is 22.8. The van der Waals surface area contributed by atoms with Gasteiger partial charge in [0.1, 0.15) is 0 Å². The smallest absolute Gasteiger partial charge is 0.306 e. The molecule has 7 nitrogen and oxygen atoms in total. The van der Waals surface area contributed by atoms with Crippen LogP contribution in [0.15, 0.2) is 24.3 Å². The Hall–Kier alpha value is -2.15. The van der Waals surface area contributed by atoms with Crippen LogP contribution in [0.3, 0.4) is 0 Å². The molecule has 4 rings (SSSR count). The van der Waals surface area contributed by atoms with Crippen molar-refractivity contribution in [1.82, 2.24) is 4.90 Å².